The molecule has 2 unspecified atom stereocenters. The van der Waals surface area contributed by atoms with Crippen molar-refractivity contribution in [1.82, 2.24) is 10.2 Å². The normalized spacial score (nSPS) is 23.5. The molecule has 1 aromatic rings. The highest BCUT2D eigenvalue weighted by Gasteiger charge is 2.38. The highest BCUT2D eigenvalue weighted by atomic mass is 16.5. The van der Waals surface area contributed by atoms with E-state index in [1.54, 1.807) is 7.11 Å². The lowest BCUT2D eigenvalue weighted by molar-refractivity contribution is 0.00990. The number of nitrogens with one attached hydrogen (secondary N) is 1. The van der Waals surface area contributed by atoms with Gasteiger partial charge < -0.3 is 19.7 Å². The number of methoxy groups -OCH3 is 1. The molecule has 1 aromatic carbocycles. The van der Waals surface area contributed by atoms with E-state index in [4.69, 9.17) is 14.5 Å². The Hall–Kier alpha value is -1.59. The van der Waals surface area contributed by atoms with Crippen LogP contribution in [0.2, 0.25) is 0 Å². The molecule has 5 heteroatoms. The smallest absolute Gasteiger partial charge is 0.193 e. The summed E-state index contributed by atoms with van der Waals surface area (Å²) in [5.41, 5.74) is 1.47. The minimum Gasteiger partial charge on any atom is -0.385 e. The second-order valence-electron chi connectivity index (χ2n) is 7.61. The fourth-order valence-corrected chi connectivity index (χ4v) is 3.87. The summed E-state index contributed by atoms with van der Waals surface area (Å²) in [6, 6.07) is 10.9. The van der Waals surface area contributed by atoms with Crippen molar-refractivity contribution in [3.63, 3.8) is 0 Å². The number of aliphatic imine (C=N–C) groups is 1. The van der Waals surface area contributed by atoms with E-state index in [1.807, 2.05) is 0 Å². The lowest BCUT2D eigenvalue weighted by Gasteiger charge is -2.34. The summed E-state index contributed by atoms with van der Waals surface area (Å²) >= 11 is 0. The van der Waals surface area contributed by atoms with Gasteiger partial charge in [-0.25, -0.2) is 0 Å². The van der Waals surface area contributed by atoms with Crippen LogP contribution in [0.1, 0.15) is 44.1 Å². The van der Waals surface area contributed by atoms with Crippen LogP contribution in [0.3, 0.4) is 0 Å². The highest BCUT2D eigenvalue weighted by molar-refractivity contribution is 5.80. The zero-order valence-electron chi connectivity index (χ0n) is 16.9. The van der Waals surface area contributed by atoms with E-state index in [1.165, 1.54) is 12.0 Å². The lowest BCUT2D eigenvalue weighted by Crippen LogP contribution is -2.47. The molecule has 1 aliphatic heterocycles. The van der Waals surface area contributed by atoms with Gasteiger partial charge in [0.2, 0.25) is 0 Å². The van der Waals surface area contributed by atoms with E-state index in [2.05, 4.69) is 47.5 Å². The molecule has 0 spiro atoms. The number of hydrogen-bond donors (Lipinski definition) is 1. The SMILES string of the molecule is CCNC(=NCC1CC1c1ccccc1)N1CCC(OCCCOC)CC1. The van der Waals surface area contributed by atoms with E-state index < -0.39 is 0 Å². The van der Waals surface area contributed by atoms with Crippen molar-refractivity contribution in [1.29, 1.82) is 0 Å². The largest absolute Gasteiger partial charge is 0.385 e. The van der Waals surface area contributed by atoms with Gasteiger partial charge in [-0.05, 0) is 50.0 Å². The highest BCUT2D eigenvalue weighted by Crippen LogP contribution is 2.47. The maximum absolute atomic E-state index is 5.98. The third kappa shape index (κ3) is 6.22. The van der Waals surface area contributed by atoms with Gasteiger partial charge in [0.1, 0.15) is 0 Å². The fourth-order valence-electron chi connectivity index (χ4n) is 3.87. The van der Waals surface area contributed by atoms with Crippen LogP contribution in [0.25, 0.3) is 0 Å². The summed E-state index contributed by atoms with van der Waals surface area (Å²) in [6.45, 7) is 7.61. The molecule has 5 nitrogen and oxygen atoms in total. The number of hydrogen-bond acceptors (Lipinski definition) is 3. The van der Waals surface area contributed by atoms with E-state index >= 15 is 0 Å². The van der Waals surface area contributed by atoms with Gasteiger partial charge in [-0.15, -0.1) is 0 Å². The van der Waals surface area contributed by atoms with E-state index in [0.29, 0.717) is 17.9 Å². The van der Waals surface area contributed by atoms with Crippen LogP contribution < -0.4 is 5.32 Å². The Labute approximate surface area is 164 Å². The van der Waals surface area contributed by atoms with Gasteiger partial charge in [-0.2, -0.15) is 0 Å². The molecule has 27 heavy (non-hydrogen) atoms. The molecule has 2 fully saturated rings. The van der Waals surface area contributed by atoms with Crippen molar-refractivity contribution in [2.75, 3.05) is 46.5 Å². The van der Waals surface area contributed by atoms with E-state index in [-0.39, 0.29) is 0 Å². The average molecular weight is 374 g/mol. The first-order valence-corrected chi connectivity index (χ1v) is 10.5. The monoisotopic (exact) mass is 373 g/mol. The van der Waals surface area contributed by atoms with Crippen molar-refractivity contribution in [3.8, 4) is 0 Å². The summed E-state index contributed by atoms with van der Waals surface area (Å²) in [5.74, 6) is 2.47. The zero-order valence-corrected chi connectivity index (χ0v) is 16.9. The first kappa shape index (κ1) is 20.2. The Morgan fingerprint density at radius 3 is 2.67 bits per heavy atom. The Morgan fingerprint density at radius 2 is 1.96 bits per heavy atom. The van der Waals surface area contributed by atoms with E-state index in [0.717, 1.165) is 64.6 Å². The Morgan fingerprint density at radius 1 is 1.19 bits per heavy atom. The minimum absolute atomic E-state index is 0.381. The van der Waals surface area contributed by atoms with Crippen molar-refractivity contribution in [2.24, 2.45) is 10.9 Å². The summed E-state index contributed by atoms with van der Waals surface area (Å²) in [6.07, 6.45) is 4.78. The molecule has 2 aliphatic rings. The Bertz CT molecular complexity index is 570. The lowest BCUT2D eigenvalue weighted by atomic mass is 10.1. The Balaban J connectivity index is 1.43. The van der Waals surface area contributed by atoms with Crippen molar-refractivity contribution < 1.29 is 9.47 Å². The molecule has 1 heterocycles. The van der Waals surface area contributed by atoms with Gasteiger partial charge in [0.25, 0.3) is 0 Å². The molecule has 3 rings (SSSR count). The summed E-state index contributed by atoms with van der Waals surface area (Å²) in [7, 11) is 1.74. The van der Waals surface area contributed by atoms with Crippen molar-refractivity contribution in [2.45, 2.75) is 44.6 Å². The van der Waals surface area contributed by atoms with Crippen LogP contribution in [0, 0.1) is 5.92 Å². The number of rotatable bonds is 9. The molecular weight excluding hydrogens is 338 g/mol. The van der Waals surface area contributed by atoms with Crippen molar-refractivity contribution in [3.05, 3.63) is 35.9 Å². The number of likely N-dealkylation sites (tertiary alicyclic amines) is 1. The third-order valence-electron chi connectivity index (χ3n) is 5.55. The molecule has 0 radical (unpaired) electrons. The van der Waals surface area contributed by atoms with Crippen molar-refractivity contribution >= 4 is 5.96 Å². The van der Waals surface area contributed by atoms with Gasteiger partial charge in [-0.1, -0.05) is 30.3 Å². The molecule has 1 saturated carbocycles. The molecule has 1 saturated heterocycles. The fraction of sp³-hybridized carbons (Fsp3) is 0.682. The minimum atomic E-state index is 0.381. The van der Waals surface area contributed by atoms with Gasteiger partial charge in [0.05, 0.1) is 6.10 Å². The number of ether oxygens (including phenoxy) is 2. The van der Waals surface area contributed by atoms with Gasteiger partial charge >= 0.3 is 0 Å². The van der Waals surface area contributed by atoms with Gasteiger partial charge in [0, 0.05) is 46.5 Å². The molecule has 150 valence electrons. The maximum atomic E-state index is 5.98. The molecule has 2 atom stereocenters. The number of benzene rings is 1. The molecular formula is C22H35N3O2. The quantitative estimate of drug-likeness (QED) is 0.410. The van der Waals surface area contributed by atoms with Gasteiger partial charge in [-0.3, -0.25) is 4.99 Å². The summed E-state index contributed by atoms with van der Waals surface area (Å²) < 4.78 is 11.1. The second-order valence-corrected chi connectivity index (χ2v) is 7.61. The van der Waals surface area contributed by atoms with Gasteiger partial charge in [0.15, 0.2) is 5.96 Å². The standard InChI is InChI=1S/C22H35N3O2/c1-3-23-22(24-17-19-16-21(19)18-8-5-4-6-9-18)25-12-10-20(11-13-25)27-15-7-14-26-2/h4-6,8-9,19-21H,3,7,10-17H2,1-2H3,(H,23,24). The van der Waals surface area contributed by atoms with Crippen LogP contribution in [-0.2, 0) is 9.47 Å². The Kier molecular flexibility index (Phi) is 7.96. The molecule has 1 aliphatic carbocycles. The summed E-state index contributed by atoms with van der Waals surface area (Å²) in [5, 5.41) is 3.48. The van der Waals surface area contributed by atoms with Crippen LogP contribution >= 0.6 is 0 Å². The molecule has 0 bridgehead atoms. The van der Waals surface area contributed by atoms with E-state index in [9.17, 15) is 0 Å². The van der Waals surface area contributed by atoms with Crippen LogP contribution in [0.5, 0.6) is 0 Å². The number of piperidine rings is 1. The third-order valence-corrected chi connectivity index (χ3v) is 5.55. The summed E-state index contributed by atoms with van der Waals surface area (Å²) in [4.78, 5) is 7.36. The average Bonchev–Trinajstić information content (AvgIpc) is 3.49. The van der Waals surface area contributed by atoms with Crippen LogP contribution in [-0.4, -0.2) is 63.5 Å². The topological polar surface area (TPSA) is 46.1 Å². The van der Waals surface area contributed by atoms with Crippen LogP contribution in [0.4, 0.5) is 0 Å². The molecule has 0 amide bonds. The molecule has 0 aromatic heterocycles. The molecule has 1 N–H and O–H groups in total. The second kappa shape index (κ2) is 10.7. The first-order valence-electron chi connectivity index (χ1n) is 10.5. The zero-order chi connectivity index (χ0) is 18.9. The number of guanidine groups is 1. The van der Waals surface area contributed by atoms with Crippen LogP contribution in [0.15, 0.2) is 35.3 Å². The predicted octanol–water partition coefficient (Wildman–Crippen LogP) is 3.27. The predicted molar refractivity (Wildman–Crippen MR) is 110 cm³/mol. The maximum Gasteiger partial charge on any atom is 0.193 e. The number of nitrogens with zero attached hydrogens (tertiary/aromatic N) is 2. The first-order chi connectivity index (χ1) is 13.3.